The molecule has 1 unspecified atom stereocenters. The molecule has 1 aliphatic heterocycles. The number of furan rings is 1. The lowest BCUT2D eigenvalue weighted by Crippen LogP contribution is -2.42. The van der Waals surface area contributed by atoms with Crippen LogP contribution in [0.2, 0.25) is 0 Å². The summed E-state index contributed by atoms with van der Waals surface area (Å²) in [5.74, 6) is -2.23. The van der Waals surface area contributed by atoms with Crippen LogP contribution in [0.15, 0.2) is 94.8 Å². The molecule has 2 heterocycles. The highest BCUT2D eigenvalue weighted by atomic mass is 16.7. The number of rotatable bonds is 7. The first-order chi connectivity index (χ1) is 16.7. The standard InChI is InChI=1S/C28H28N2O5/c1-18-7-11-21(12-8-18)29-17-20(16-23-26(31)34-28(3,4)35-27(23)32)25(24-6-5-15-33-24)30-22-13-9-19(2)10-14-22/h5-17,25,29-30H,1-4H3/b20-17-. The fourth-order valence-electron chi connectivity index (χ4n) is 3.56. The first-order valence-electron chi connectivity index (χ1n) is 11.3. The predicted octanol–water partition coefficient (Wildman–Crippen LogP) is 5.81. The summed E-state index contributed by atoms with van der Waals surface area (Å²) < 4.78 is 16.3. The maximum atomic E-state index is 12.7. The Balaban J connectivity index is 1.76. The van der Waals surface area contributed by atoms with Crippen molar-refractivity contribution < 1.29 is 23.5 Å². The molecule has 4 rings (SSSR count). The van der Waals surface area contributed by atoms with Crippen molar-refractivity contribution in [3.63, 3.8) is 0 Å². The van der Waals surface area contributed by atoms with Crippen LogP contribution in [0.25, 0.3) is 0 Å². The number of aryl methyl sites for hydroxylation is 2. The molecule has 1 saturated heterocycles. The average Bonchev–Trinajstić information content (AvgIpc) is 3.33. The van der Waals surface area contributed by atoms with Crippen LogP contribution >= 0.6 is 0 Å². The Bertz CT molecular complexity index is 1230. The molecule has 1 fully saturated rings. The van der Waals surface area contributed by atoms with Crippen LogP contribution in [0.5, 0.6) is 0 Å². The Morgan fingerprint density at radius 3 is 1.97 bits per heavy atom. The molecule has 180 valence electrons. The summed E-state index contributed by atoms with van der Waals surface area (Å²) in [6, 6.07) is 18.8. The highest BCUT2D eigenvalue weighted by Gasteiger charge is 2.39. The Hall–Kier alpha value is -4.26. The molecular weight excluding hydrogens is 444 g/mol. The van der Waals surface area contributed by atoms with Gasteiger partial charge >= 0.3 is 11.9 Å². The maximum Gasteiger partial charge on any atom is 0.348 e. The number of carbonyl (C=O) groups excluding carboxylic acids is 2. The Morgan fingerprint density at radius 2 is 1.43 bits per heavy atom. The third-order valence-electron chi connectivity index (χ3n) is 5.41. The molecule has 2 aromatic carbocycles. The summed E-state index contributed by atoms with van der Waals surface area (Å²) >= 11 is 0. The molecule has 1 aliphatic rings. The van der Waals surface area contributed by atoms with Crippen LogP contribution < -0.4 is 10.6 Å². The summed E-state index contributed by atoms with van der Waals surface area (Å²) in [5, 5.41) is 6.69. The summed E-state index contributed by atoms with van der Waals surface area (Å²) in [6.07, 6.45) is 4.77. The zero-order chi connectivity index (χ0) is 25.0. The van der Waals surface area contributed by atoms with Gasteiger partial charge in [0.15, 0.2) is 0 Å². The Labute approximate surface area is 204 Å². The lowest BCUT2D eigenvalue weighted by Gasteiger charge is -2.30. The third-order valence-corrected chi connectivity index (χ3v) is 5.41. The Kier molecular flexibility index (Phi) is 6.78. The van der Waals surface area contributed by atoms with Gasteiger partial charge in [0.1, 0.15) is 17.4 Å². The molecule has 0 aliphatic carbocycles. The predicted molar refractivity (Wildman–Crippen MR) is 133 cm³/mol. The van der Waals surface area contributed by atoms with Crippen molar-refractivity contribution in [1.29, 1.82) is 0 Å². The fourth-order valence-corrected chi connectivity index (χ4v) is 3.56. The number of carbonyl (C=O) groups is 2. The van der Waals surface area contributed by atoms with Crippen molar-refractivity contribution in [1.82, 2.24) is 0 Å². The minimum atomic E-state index is -1.32. The van der Waals surface area contributed by atoms with Crippen molar-refractivity contribution >= 4 is 23.3 Å². The lowest BCUT2D eigenvalue weighted by molar-refractivity contribution is -0.222. The van der Waals surface area contributed by atoms with Crippen LogP contribution in [-0.2, 0) is 19.1 Å². The largest absolute Gasteiger partial charge is 0.467 e. The molecule has 0 spiro atoms. The molecule has 7 nitrogen and oxygen atoms in total. The number of ether oxygens (including phenoxy) is 2. The maximum absolute atomic E-state index is 12.7. The lowest BCUT2D eigenvalue weighted by atomic mass is 10.0. The molecule has 0 saturated carbocycles. The van der Waals surface area contributed by atoms with Crippen molar-refractivity contribution in [2.45, 2.75) is 39.5 Å². The number of cyclic esters (lactones) is 2. The van der Waals surface area contributed by atoms with E-state index in [-0.39, 0.29) is 5.57 Å². The minimum absolute atomic E-state index is 0.205. The van der Waals surface area contributed by atoms with Gasteiger partial charge in [0, 0.05) is 31.4 Å². The van der Waals surface area contributed by atoms with E-state index in [0.717, 1.165) is 22.5 Å². The molecule has 35 heavy (non-hydrogen) atoms. The van der Waals surface area contributed by atoms with E-state index in [4.69, 9.17) is 13.9 Å². The molecule has 0 bridgehead atoms. The number of esters is 2. The van der Waals surface area contributed by atoms with E-state index in [1.807, 2.05) is 68.4 Å². The van der Waals surface area contributed by atoms with E-state index in [1.54, 1.807) is 18.5 Å². The number of benzene rings is 2. The van der Waals surface area contributed by atoms with Crippen LogP contribution in [-0.4, -0.2) is 17.7 Å². The first kappa shape index (κ1) is 23.9. The molecule has 3 aromatic rings. The monoisotopic (exact) mass is 472 g/mol. The highest BCUT2D eigenvalue weighted by Crippen LogP contribution is 2.31. The van der Waals surface area contributed by atoms with E-state index in [1.165, 1.54) is 19.9 Å². The summed E-state index contributed by atoms with van der Waals surface area (Å²) in [5.41, 5.74) is 4.29. The Morgan fingerprint density at radius 1 is 0.857 bits per heavy atom. The van der Waals surface area contributed by atoms with Gasteiger partial charge in [-0.3, -0.25) is 0 Å². The number of nitrogens with one attached hydrogen (secondary N) is 2. The zero-order valence-electron chi connectivity index (χ0n) is 20.1. The number of hydrogen-bond acceptors (Lipinski definition) is 7. The molecular formula is C28H28N2O5. The fraction of sp³-hybridized carbons (Fsp3) is 0.214. The van der Waals surface area contributed by atoms with Gasteiger partial charge in [0.05, 0.1) is 6.26 Å². The van der Waals surface area contributed by atoms with Gasteiger partial charge in [-0.15, -0.1) is 0 Å². The van der Waals surface area contributed by atoms with E-state index in [2.05, 4.69) is 10.6 Å². The summed E-state index contributed by atoms with van der Waals surface area (Å²) in [7, 11) is 0. The summed E-state index contributed by atoms with van der Waals surface area (Å²) in [6.45, 7) is 7.05. The van der Waals surface area contributed by atoms with Crippen molar-refractivity contribution in [2.24, 2.45) is 0 Å². The minimum Gasteiger partial charge on any atom is -0.467 e. The van der Waals surface area contributed by atoms with Gasteiger partial charge in [-0.25, -0.2) is 9.59 Å². The van der Waals surface area contributed by atoms with Crippen LogP contribution in [0.4, 0.5) is 11.4 Å². The molecule has 2 N–H and O–H groups in total. The van der Waals surface area contributed by atoms with Gasteiger partial charge in [-0.2, -0.15) is 0 Å². The van der Waals surface area contributed by atoms with E-state index >= 15 is 0 Å². The SMILES string of the molecule is Cc1ccc(N/C=C(/C=C2C(=O)OC(C)(C)OC2=O)C(Nc2ccc(C)cc2)c2ccco2)cc1. The molecule has 1 atom stereocenters. The first-order valence-corrected chi connectivity index (χ1v) is 11.3. The molecule has 0 radical (unpaired) electrons. The van der Waals surface area contributed by atoms with E-state index in [9.17, 15) is 9.59 Å². The van der Waals surface area contributed by atoms with Gasteiger partial charge < -0.3 is 24.5 Å². The van der Waals surface area contributed by atoms with Crippen molar-refractivity contribution in [2.75, 3.05) is 10.6 Å². The quantitative estimate of drug-likeness (QED) is 0.255. The average molecular weight is 473 g/mol. The molecule has 7 heteroatoms. The van der Waals surface area contributed by atoms with Gasteiger partial charge in [0.2, 0.25) is 0 Å². The van der Waals surface area contributed by atoms with E-state index in [0.29, 0.717) is 11.3 Å². The van der Waals surface area contributed by atoms with Crippen molar-refractivity contribution in [3.05, 3.63) is 107 Å². The molecule has 1 aromatic heterocycles. The topological polar surface area (TPSA) is 89.8 Å². The van der Waals surface area contributed by atoms with Gasteiger partial charge in [0.25, 0.3) is 5.79 Å². The second kappa shape index (κ2) is 9.93. The second-order valence-corrected chi connectivity index (χ2v) is 8.85. The zero-order valence-corrected chi connectivity index (χ0v) is 20.1. The third kappa shape index (κ3) is 6.00. The van der Waals surface area contributed by atoms with Crippen molar-refractivity contribution in [3.8, 4) is 0 Å². The van der Waals surface area contributed by atoms with Crippen LogP contribution in [0.1, 0.15) is 36.8 Å². The normalized spacial score (nSPS) is 16.2. The highest BCUT2D eigenvalue weighted by molar-refractivity contribution is 6.15. The van der Waals surface area contributed by atoms with E-state index < -0.39 is 23.8 Å². The summed E-state index contributed by atoms with van der Waals surface area (Å²) in [4.78, 5) is 25.4. The van der Waals surface area contributed by atoms with Crippen LogP contribution in [0.3, 0.4) is 0 Å². The van der Waals surface area contributed by atoms with Gasteiger partial charge in [-0.1, -0.05) is 35.4 Å². The smallest absolute Gasteiger partial charge is 0.348 e. The number of anilines is 2. The van der Waals surface area contributed by atoms with Gasteiger partial charge in [-0.05, 0) is 61.9 Å². The van der Waals surface area contributed by atoms with Crippen LogP contribution in [0, 0.1) is 13.8 Å². The number of hydrogen-bond donors (Lipinski definition) is 2. The molecule has 0 amide bonds. The second-order valence-electron chi connectivity index (χ2n) is 8.85.